The van der Waals surface area contributed by atoms with Crippen molar-refractivity contribution in [3.8, 4) is 11.5 Å². The van der Waals surface area contributed by atoms with E-state index in [1.807, 2.05) is 18.2 Å². The Labute approximate surface area is 119 Å². The molecule has 1 heterocycles. The van der Waals surface area contributed by atoms with Crippen molar-refractivity contribution in [3.05, 3.63) is 23.8 Å². The Kier molecular flexibility index (Phi) is 4.09. The summed E-state index contributed by atoms with van der Waals surface area (Å²) in [5.41, 5.74) is 1.16. The zero-order valence-corrected chi connectivity index (χ0v) is 11.7. The highest BCUT2D eigenvalue weighted by Crippen LogP contribution is 2.32. The maximum absolute atomic E-state index is 11.8. The second-order valence-corrected chi connectivity index (χ2v) is 5.64. The average Bonchev–Trinajstić information content (AvgIpc) is 3.09. The Morgan fingerprint density at radius 3 is 2.85 bits per heavy atom. The number of amides is 1. The van der Waals surface area contributed by atoms with Crippen LogP contribution in [0.5, 0.6) is 11.5 Å². The van der Waals surface area contributed by atoms with Gasteiger partial charge in [0.2, 0.25) is 12.7 Å². The number of ether oxygens (including phenoxy) is 2. The number of rotatable bonds is 5. The molecule has 1 N–H and O–H groups in total. The molecule has 0 spiro atoms. The molecule has 1 fully saturated rings. The number of benzene rings is 1. The summed E-state index contributed by atoms with van der Waals surface area (Å²) in [5, 5.41) is 3.01. The third-order valence-electron chi connectivity index (χ3n) is 4.12. The molecule has 1 aromatic carbocycles. The molecular weight excluding hydrogens is 254 g/mol. The predicted octanol–water partition coefficient (Wildman–Crippen LogP) is 2.65. The fourth-order valence-corrected chi connectivity index (χ4v) is 2.99. The molecule has 0 unspecified atom stereocenters. The van der Waals surface area contributed by atoms with Gasteiger partial charge >= 0.3 is 0 Å². The number of hydrogen-bond acceptors (Lipinski definition) is 3. The van der Waals surface area contributed by atoms with Crippen molar-refractivity contribution >= 4 is 5.91 Å². The Hall–Kier alpha value is -1.71. The minimum atomic E-state index is 0.192. The first-order valence-electron chi connectivity index (χ1n) is 7.46. The van der Waals surface area contributed by atoms with Gasteiger partial charge in [0.05, 0.1) is 0 Å². The summed E-state index contributed by atoms with van der Waals surface area (Å²) in [4.78, 5) is 11.8. The third kappa shape index (κ3) is 3.24. The van der Waals surface area contributed by atoms with E-state index in [4.69, 9.17) is 9.47 Å². The van der Waals surface area contributed by atoms with Crippen molar-refractivity contribution in [2.45, 2.75) is 38.5 Å². The summed E-state index contributed by atoms with van der Waals surface area (Å²) in [6.07, 6.45) is 6.53. The van der Waals surface area contributed by atoms with E-state index in [0.717, 1.165) is 23.5 Å². The Balaban J connectivity index is 1.42. The third-order valence-corrected chi connectivity index (χ3v) is 4.12. The molecule has 0 bridgehead atoms. The lowest BCUT2D eigenvalue weighted by atomic mass is 10.0. The second kappa shape index (κ2) is 6.16. The summed E-state index contributed by atoms with van der Waals surface area (Å²) < 4.78 is 10.6. The van der Waals surface area contributed by atoms with Crippen LogP contribution in [0.25, 0.3) is 0 Å². The maximum atomic E-state index is 11.8. The molecule has 0 atom stereocenters. The molecule has 2 aliphatic rings. The van der Waals surface area contributed by atoms with Gasteiger partial charge in [-0.15, -0.1) is 0 Å². The second-order valence-electron chi connectivity index (χ2n) is 5.64. The van der Waals surface area contributed by atoms with E-state index in [-0.39, 0.29) is 5.91 Å². The van der Waals surface area contributed by atoms with Crippen LogP contribution >= 0.6 is 0 Å². The highest BCUT2D eigenvalue weighted by molar-refractivity contribution is 5.76. The highest BCUT2D eigenvalue weighted by atomic mass is 16.7. The van der Waals surface area contributed by atoms with E-state index in [2.05, 4.69) is 5.32 Å². The molecule has 4 nitrogen and oxygen atoms in total. The Morgan fingerprint density at radius 1 is 1.20 bits per heavy atom. The van der Waals surface area contributed by atoms with Crippen molar-refractivity contribution in [2.75, 3.05) is 13.3 Å². The van der Waals surface area contributed by atoms with Crippen molar-refractivity contribution in [2.24, 2.45) is 5.92 Å². The van der Waals surface area contributed by atoms with Gasteiger partial charge in [0, 0.05) is 13.0 Å². The molecule has 0 aromatic heterocycles. The summed E-state index contributed by atoms with van der Waals surface area (Å²) in [6.45, 7) is 0.988. The molecule has 1 aliphatic heterocycles. The normalized spacial score (nSPS) is 17.4. The van der Waals surface area contributed by atoms with Crippen LogP contribution in [0.3, 0.4) is 0 Å². The van der Waals surface area contributed by atoms with Gasteiger partial charge in [-0.2, -0.15) is 0 Å². The van der Waals surface area contributed by atoms with E-state index < -0.39 is 0 Å². The van der Waals surface area contributed by atoms with Crippen molar-refractivity contribution in [1.29, 1.82) is 0 Å². The zero-order valence-electron chi connectivity index (χ0n) is 11.7. The van der Waals surface area contributed by atoms with E-state index in [0.29, 0.717) is 25.7 Å². The number of nitrogens with one attached hydrogen (secondary N) is 1. The van der Waals surface area contributed by atoms with Gasteiger partial charge < -0.3 is 14.8 Å². The van der Waals surface area contributed by atoms with Gasteiger partial charge in [0.1, 0.15) is 0 Å². The molecule has 1 amide bonds. The zero-order chi connectivity index (χ0) is 13.8. The largest absolute Gasteiger partial charge is 0.454 e. The minimum Gasteiger partial charge on any atom is -0.454 e. The van der Waals surface area contributed by atoms with Crippen LogP contribution in [-0.2, 0) is 11.2 Å². The molecular formula is C16H21NO3. The first-order valence-corrected chi connectivity index (χ1v) is 7.46. The van der Waals surface area contributed by atoms with Crippen LogP contribution < -0.4 is 14.8 Å². The van der Waals surface area contributed by atoms with Gasteiger partial charge in [-0.3, -0.25) is 4.79 Å². The number of hydrogen-bond donors (Lipinski definition) is 1. The Bertz CT molecular complexity index is 481. The highest BCUT2D eigenvalue weighted by Gasteiger charge is 2.18. The molecule has 0 radical (unpaired) electrons. The predicted molar refractivity (Wildman–Crippen MR) is 75.9 cm³/mol. The van der Waals surface area contributed by atoms with Crippen molar-refractivity contribution in [3.63, 3.8) is 0 Å². The topological polar surface area (TPSA) is 47.6 Å². The molecule has 3 rings (SSSR count). The lowest BCUT2D eigenvalue weighted by Gasteiger charge is -2.09. The van der Waals surface area contributed by atoms with Gasteiger partial charge in [0.25, 0.3) is 0 Å². The van der Waals surface area contributed by atoms with E-state index in [1.165, 1.54) is 25.7 Å². The van der Waals surface area contributed by atoms with Crippen LogP contribution in [0.15, 0.2) is 18.2 Å². The summed E-state index contributed by atoms with van der Waals surface area (Å²) in [7, 11) is 0. The first kappa shape index (κ1) is 13.3. The van der Waals surface area contributed by atoms with Crippen LogP contribution in [0.2, 0.25) is 0 Å². The van der Waals surface area contributed by atoms with Crippen LogP contribution in [0.1, 0.15) is 37.7 Å². The molecule has 1 saturated carbocycles. The number of carbonyl (C=O) groups excluding carboxylic acids is 1. The fourth-order valence-electron chi connectivity index (χ4n) is 2.99. The molecule has 1 aliphatic carbocycles. The lowest BCUT2D eigenvalue weighted by molar-refractivity contribution is -0.121. The quantitative estimate of drug-likeness (QED) is 0.898. The molecule has 0 saturated heterocycles. The molecule has 4 heteroatoms. The van der Waals surface area contributed by atoms with Crippen LogP contribution in [-0.4, -0.2) is 19.2 Å². The van der Waals surface area contributed by atoms with Gasteiger partial charge in [0.15, 0.2) is 11.5 Å². The molecule has 1 aromatic rings. The first-order chi connectivity index (χ1) is 9.81. The smallest absolute Gasteiger partial charge is 0.231 e. The number of carbonyl (C=O) groups is 1. The monoisotopic (exact) mass is 275 g/mol. The molecule has 108 valence electrons. The standard InChI is InChI=1S/C16H21NO3/c18-16(10-12-3-1-2-4-12)17-8-7-13-5-6-14-15(9-13)20-11-19-14/h5-6,9,12H,1-4,7-8,10-11H2,(H,17,18). The fraction of sp³-hybridized carbons (Fsp3) is 0.562. The van der Waals surface area contributed by atoms with E-state index in [1.54, 1.807) is 0 Å². The lowest BCUT2D eigenvalue weighted by Crippen LogP contribution is -2.27. The molecule has 20 heavy (non-hydrogen) atoms. The summed E-state index contributed by atoms with van der Waals surface area (Å²) >= 11 is 0. The van der Waals surface area contributed by atoms with Crippen LogP contribution in [0, 0.1) is 5.92 Å². The number of fused-ring (bicyclic) bond motifs is 1. The van der Waals surface area contributed by atoms with Crippen LogP contribution in [0.4, 0.5) is 0 Å². The SMILES string of the molecule is O=C(CC1CCCC1)NCCc1ccc2c(c1)OCO2. The van der Waals surface area contributed by atoms with Crippen molar-refractivity contribution < 1.29 is 14.3 Å². The maximum Gasteiger partial charge on any atom is 0.231 e. The van der Waals surface area contributed by atoms with Gasteiger partial charge in [-0.25, -0.2) is 0 Å². The average molecular weight is 275 g/mol. The van der Waals surface area contributed by atoms with E-state index in [9.17, 15) is 4.79 Å². The summed E-state index contributed by atoms with van der Waals surface area (Å²) in [5.74, 6) is 2.41. The summed E-state index contributed by atoms with van der Waals surface area (Å²) in [6, 6.07) is 5.94. The van der Waals surface area contributed by atoms with Gasteiger partial charge in [-0.1, -0.05) is 18.9 Å². The van der Waals surface area contributed by atoms with Gasteiger partial charge in [-0.05, 0) is 42.9 Å². The van der Waals surface area contributed by atoms with Crippen molar-refractivity contribution in [1.82, 2.24) is 5.32 Å². The minimum absolute atomic E-state index is 0.192. The van der Waals surface area contributed by atoms with E-state index >= 15 is 0 Å². The Morgan fingerprint density at radius 2 is 2.00 bits per heavy atom.